The van der Waals surface area contributed by atoms with Gasteiger partial charge in [0, 0.05) is 10.9 Å². The molecule has 1 aromatic heterocycles. The van der Waals surface area contributed by atoms with Crippen molar-refractivity contribution in [1.29, 1.82) is 0 Å². The highest BCUT2D eigenvalue weighted by molar-refractivity contribution is 7.14. The van der Waals surface area contributed by atoms with Gasteiger partial charge in [0.05, 0.1) is 0 Å². The average molecular weight is 281 g/mol. The van der Waals surface area contributed by atoms with Gasteiger partial charge in [-0.2, -0.15) is 0 Å². The quantitative estimate of drug-likeness (QED) is 0.843. The van der Waals surface area contributed by atoms with Gasteiger partial charge in [-0.3, -0.25) is 4.79 Å². The monoisotopic (exact) mass is 281 g/mol. The lowest BCUT2D eigenvalue weighted by Crippen LogP contribution is -2.36. The number of esters is 1. The Hall–Kier alpha value is -1.36. The molecule has 1 N–H and O–H groups in total. The summed E-state index contributed by atoms with van der Waals surface area (Å²) < 4.78 is 5.20. The van der Waals surface area contributed by atoms with Crippen molar-refractivity contribution < 1.29 is 14.3 Å². The number of carbonyl (C=O) groups excluding carboxylic acids is 2. The van der Waals surface area contributed by atoms with Crippen LogP contribution in [0.5, 0.6) is 0 Å². The van der Waals surface area contributed by atoms with Gasteiger partial charge in [-0.25, -0.2) is 4.79 Å². The summed E-state index contributed by atoms with van der Waals surface area (Å²) in [5, 5.41) is 2.83. The summed E-state index contributed by atoms with van der Waals surface area (Å²) >= 11 is 1.42. The Morgan fingerprint density at radius 1 is 1.53 bits per heavy atom. The van der Waals surface area contributed by atoms with Crippen molar-refractivity contribution in [2.45, 2.75) is 52.2 Å². The van der Waals surface area contributed by atoms with Crippen LogP contribution in [0.2, 0.25) is 0 Å². The lowest BCUT2D eigenvalue weighted by molar-refractivity contribution is -0.129. The number of hydrogen-bond acceptors (Lipinski definition) is 4. The summed E-state index contributed by atoms with van der Waals surface area (Å²) in [6.07, 6.45) is 2.21. The van der Waals surface area contributed by atoms with Crippen LogP contribution >= 0.6 is 11.3 Å². The van der Waals surface area contributed by atoms with Gasteiger partial charge in [-0.15, -0.1) is 11.3 Å². The largest absolute Gasteiger partial charge is 0.448 e. The van der Waals surface area contributed by atoms with E-state index in [-0.39, 0.29) is 11.9 Å². The van der Waals surface area contributed by atoms with Gasteiger partial charge in [0.15, 0.2) is 6.10 Å². The molecule has 1 aliphatic carbocycles. The number of amides is 1. The van der Waals surface area contributed by atoms with Crippen molar-refractivity contribution in [3.63, 3.8) is 0 Å². The fourth-order valence-electron chi connectivity index (χ4n) is 1.79. The molecule has 1 aliphatic rings. The molecule has 1 unspecified atom stereocenters. The third-order valence-corrected chi connectivity index (χ3v) is 4.25. The maximum Gasteiger partial charge on any atom is 0.349 e. The highest BCUT2D eigenvalue weighted by Crippen LogP contribution is 2.23. The molecule has 0 radical (unpaired) electrons. The van der Waals surface area contributed by atoms with Gasteiger partial charge >= 0.3 is 5.97 Å². The predicted octanol–water partition coefficient (Wildman–Crippen LogP) is 2.44. The Balaban J connectivity index is 1.93. The predicted molar refractivity (Wildman–Crippen MR) is 74.5 cm³/mol. The topological polar surface area (TPSA) is 55.4 Å². The zero-order valence-electron chi connectivity index (χ0n) is 11.5. The number of ether oxygens (including phenoxy) is 1. The average Bonchev–Trinajstić information content (AvgIpc) is 3.09. The maximum atomic E-state index is 12.0. The highest BCUT2D eigenvalue weighted by Gasteiger charge is 2.27. The molecule has 5 heteroatoms. The molecular weight excluding hydrogens is 262 g/mol. The van der Waals surface area contributed by atoms with Gasteiger partial charge in [0.1, 0.15) is 4.88 Å². The van der Waals surface area contributed by atoms with E-state index in [2.05, 4.69) is 12.2 Å². The first-order valence-electron chi connectivity index (χ1n) is 6.62. The lowest BCUT2D eigenvalue weighted by Gasteiger charge is -2.12. The smallest absolute Gasteiger partial charge is 0.349 e. The summed E-state index contributed by atoms with van der Waals surface area (Å²) in [6.45, 7) is 5.65. The van der Waals surface area contributed by atoms with Gasteiger partial charge < -0.3 is 10.1 Å². The zero-order valence-corrected chi connectivity index (χ0v) is 12.3. The second kappa shape index (κ2) is 5.74. The van der Waals surface area contributed by atoms with Gasteiger partial charge in [0.2, 0.25) is 0 Å². The third kappa shape index (κ3) is 3.56. The molecule has 1 heterocycles. The maximum absolute atomic E-state index is 12.0. The van der Waals surface area contributed by atoms with Crippen LogP contribution < -0.4 is 5.32 Å². The molecule has 0 bridgehead atoms. The Morgan fingerprint density at radius 2 is 2.21 bits per heavy atom. The molecule has 0 spiro atoms. The molecule has 2 rings (SSSR count). The number of aryl methyl sites for hydroxylation is 2. The van der Waals surface area contributed by atoms with Crippen LogP contribution in [0.25, 0.3) is 0 Å². The summed E-state index contributed by atoms with van der Waals surface area (Å²) in [6, 6.07) is 2.14. The van der Waals surface area contributed by atoms with E-state index < -0.39 is 12.1 Å². The van der Waals surface area contributed by atoms with Crippen LogP contribution in [-0.2, 0) is 16.0 Å². The Labute approximate surface area is 117 Å². The van der Waals surface area contributed by atoms with Gasteiger partial charge in [-0.05, 0) is 44.7 Å². The summed E-state index contributed by atoms with van der Waals surface area (Å²) in [7, 11) is 0. The van der Waals surface area contributed by atoms with E-state index in [1.165, 1.54) is 11.3 Å². The number of nitrogens with one attached hydrogen (secondary N) is 1. The number of rotatable bonds is 5. The van der Waals surface area contributed by atoms with Crippen molar-refractivity contribution in [2.24, 2.45) is 0 Å². The Morgan fingerprint density at radius 3 is 2.74 bits per heavy atom. The molecule has 0 aromatic carbocycles. The fourth-order valence-corrected chi connectivity index (χ4v) is 2.79. The van der Waals surface area contributed by atoms with Crippen LogP contribution in [0, 0.1) is 6.92 Å². The molecule has 1 fully saturated rings. The number of hydrogen-bond donors (Lipinski definition) is 1. The SMILES string of the molecule is CCc1cc(C(=O)OC(C)C(=O)NC2CC2)sc1C. The van der Waals surface area contributed by atoms with Crippen molar-refractivity contribution in [3.05, 3.63) is 21.4 Å². The highest BCUT2D eigenvalue weighted by atomic mass is 32.1. The first-order chi connectivity index (χ1) is 9.01. The molecule has 104 valence electrons. The molecule has 0 saturated heterocycles. The molecule has 1 amide bonds. The minimum absolute atomic E-state index is 0.208. The number of carbonyl (C=O) groups is 2. The molecule has 1 atom stereocenters. The molecule has 1 aromatic rings. The van der Waals surface area contributed by atoms with Gasteiger partial charge in [-0.1, -0.05) is 6.92 Å². The molecule has 19 heavy (non-hydrogen) atoms. The molecule has 0 aliphatic heterocycles. The lowest BCUT2D eigenvalue weighted by atomic mass is 10.2. The first kappa shape index (κ1) is 14.1. The van der Waals surface area contributed by atoms with Crippen LogP contribution in [0.3, 0.4) is 0 Å². The van der Waals surface area contributed by atoms with E-state index >= 15 is 0 Å². The Bertz CT molecular complexity index is 491. The van der Waals surface area contributed by atoms with Crippen LogP contribution in [0.1, 0.15) is 46.8 Å². The number of thiophene rings is 1. The summed E-state index contributed by atoms with van der Waals surface area (Å²) in [4.78, 5) is 25.4. The molecular formula is C14H19NO3S. The first-order valence-corrected chi connectivity index (χ1v) is 7.43. The Kier molecular flexibility index (Phi) is 4.24. The standard InChI is InChI=1S/C14H19NO3S/c1-4-10-7-12(19-9(10)3)14(17)18-8(2)13(16)15-11-5-6-11/h7-8,11H,4-6H2,1-3H3,(H,15,16). The second-order valence-electron chi connectivity index (χ2n) is 4.88. The second-order valence-corrected chi connectivity index (χ2v) is 6.13. The van der Waals surface area contributed by atoms with Crippen molar-refractivity contribution in [2.75, 3.05) is 0 Å². The van der Waals surface area contributed by atoms with Crippen molar-refractivity contribution >= 4 is 23.2 Å². The minimum atomic E-state index is -0.736. The van der Waals surface area contributed by atoms with E-state index in [0.717, 1.165) is 29.7 Å². The minimum Gasteiger partial charge on any atom is -0.448 e. The van der Waals surface area contributed by atoms with E-state index in [1.54, 1.807) is 6.92 Å². The van der Waals surface area contributed by atoms with Gasteiger partial charge in [0.25, 0.3) is 5.91 Å². The van der Waals surface area contributed by atoms with Crippen LogP contribution in [-0.4, -0.2) is 24.0 Å². The van der Waals surface area contributed by atoms with E-state index in [1.807, 2.05) is 13.0 Å². The van der Waals surface area contributed by atoms with Crippen molar-refractivity contribution in [3.8, 4) is 0 Å². The molecule has 1 saturated carbocycles. The van der Waals surface area contributed by atoms with Crippen LogP contribution in [0.4, 0.5) is 0 Å². The van der Waals surface area contributed by atoms with E-state index in [0.29, 0.717) is 4.88 Å². The van der Waals surface area contributed by atoms with Crippen molar-refractivity contribution in [1.82, 2.24) is 5.32 Å². The summed E-state index contributed by atoms with van der Waals surface area (Å²) in [5.74, 6) is -0.619. The van der Waals surface area contributed by atoms with E-state index in [9.17, 15) is 9.59 Å². The fraction of sp³-hybridized carbons (Fsp3) is 0.571. The van der Waals surface area contributed by atoms with E-state index in [4.69, 9.17) is 4.74 Å². The van der Waals surface area contributed by atoms with Crippen LogP contribution in [0.15, 0.2) is 6.07 Å². The third-order valence-electron chi connectivity index (χ3n) is 3.18. The summed E-state index contributed by atoms with van der Waals surface area (Å²) in [5.41, 5.74) is 1.16. The zero-order chi connectivity index (χ0) is 14.0. The normalized spacial score (nSPS) is 15.9. The molecule has 4 nitrogen and oxygen atoms in total.